The van der Waals surface area contributed by atoms with Crippen molar-refractivity contribution < 1.29 is 9.21 Å². The molecule has 0 aliphatic heterocycles. The minimum Gasteiger partial charge on any atom is -0.469 e. The van der Waals surface area contributed by atoms with Gasteiger partial charge >= 0.3 is 0 Å². The fourth-order valence-electron chi connectivity index (χ4n) is 1.74. The molecule has 17 heavy (non-hydrogen) atoms. The summed E-state index contributed by atoms with van der Waals surface area (Å²) in [5.41, 5.74) is 0.713. The highest BCUT2D eigenvalue weighted by atomic mass is 79.9. The molecule has 4 heteroatoms. The van der Waals surface area contributed by atoms with E-state index in [4.69, 9.17) is 4.42 Å². The molecule has 0 aliphatic rings. The van der Waals surface area contributed by atoms with Gasteiger partial charge in [0.1, 0.15) is 5.76 Å². The number of nitrogens with zero attached hydrogens (tertiary/aromatic N) is 1. The van der Waals surface area contributed by atoms with Gasteiger partial charge in [0.25, 0.3) is 5.91 Å². The van der Waals surface area contributed by atoms with Gasteiger partial charge in [0.05, 0.1) is 11.8 Å². The molecule has 0 fully saturated rings. The number of unbranched alkanes of at least 4 members (excludes halogenated alkanes) is 1. The number of alkyl halides is 1. The molecule has 3 nitrogen and oxygen atoms in total. The zero-order valence-electron chi connectivity index (χ0n) is 10.5. The molecule has 0 saturated carbocycles. The molecule has 0 aliphatic carbocycles. The molecule has 1 rings (SSSR count). The van der Waals surface area contributed by atoms with Gasteiger partial charge in [0.15, 0.2) is 0 Å². The van der Waals surface area contributed by atoms with E-state index in [2.05, 4.69) is 22.9 Å². The number of aryl methyl sites for hydroxylation is 1. The van der Waals surface area contributed by atoms with Gasteiger partial charge in [-0.25, -0.2) is 0 Å². The number of halogens is 1. The molecule has 1 heterocycles. The van der Waals surface area contributed by atoms with Gasteiger partial charge in [-0.1, -0.05) is 36.2 Å². The zero-order valence-corrected chi connectivity index (χ0v) is 12.1. The number of rotatable bonds is 7. The summed E-state index contributed by atoms with van der Waals surface area (Å²) in [6.45, 7) is 5.69. The van der Waals surface area contributed by atoms with Crippen molar-refractivity contribution in [1.82, 2.24) is 4.90 Å². The summed E-state index contributed by atoms with van der Waals surface area (Å²) in [4.78, 5) is 14.2. The Morgan fingerprint density at radius 1 is 1.41 bits per heavy atom. The normalized spacial score (nSPS) is 10.5. The van der Waals surface area contributed by atoms with Gasteiger partial charge in [-0.2, -0.15) is 0 Å². The number of hydrogen-bond acceptors (Lipinski definition) is 2. The van der Waals surface area contributed by atoms with Crippen LogP contribution in [0.5, 0.6) is 0 Å². The van der Waals surface area contributed by atoms with Crippen molar-refractivity contribution in [2.24, 2.45) is 0 Å². The van der Waals surface area contributed by atoms with E-state index in [1.807, 2.05) is 11.8 Å². The zero-order chi connectivity index (χ0) is 12.7. The first-order valence-corrected chi connectivity index (χ1v) is 7.28. The van der Waals surface area contributed by atoms with Crippen LogP contribution < -0.4 is 0 Å². The van der Waals surface area contributed by atoms with Crippen LogP contribution in [0.25, 0.3) is 0 Å². The summed E-state index contributed by atoms with van der Waals surface area (Å²) < 4.78 is 5.31. The summed E-state index contributed by atoms with van der Waals surface area (Å²) >= 11 is 3.39. The van der Waals surface area contributed by atoms with E-state index in [0.29, 0.717) is 5.56 Å². The number of amides is 1. The molecule has 0 aromatic carbocycles. The van der Waals surface area contributed by atoms with Crippen molar-refractivity contribution in [3.63, 3.8) is 0 Å². The minimum absolute atomic E-state index is 0.0866. The maximum Gasteiger partial charge on any atom is 0.257 e. The van der Waals surface area contributed by atoms with E-state index in [1.165, 1.54) is 0 Å². The third-order valence-electron chi connectivity index (χ3n) is 2.72. The van der Waals surface area contributed by atoms with Crippen molar-refractivity contribution >= 4 is 21.8 Å². The van der Waals surface area contributed by atoms with Crippen molar-refractivity contribution in [2.45, 2.75) is 33.1 Å². The second-order valence-corrected chi connectivity index (χ2v) is 4.74. The van der Waals surface area contributed by atoms with Crippen molar-refractivity contribution in [3.05, 3.63) is 23.7 Å². The van der Waals surface area contributed by atoms with Gasteiger partial charge in [-0.05, 0) is 12.5 Å². The molecule has 1 amide bonds. The standard InChI is InChI=1S/C13H20BrNO2/c1-3-5-8-15(9-7-14)13(16)11-6-10-17-12(11)4-2/h6,10H,3-5,7-9H2,1-2H3. The topological polar surface area (TPSA) is 33.5 Å². The Bertz CT molecular complexity index is 349. The summed E-state index contributed by atoms with van der Waals surface area (Å²) in [5.74, 6) is 0.870. The highest BCUT2D eigenvalue weighted by Crippen LogP contribution is 2.14. The van der Waals surface area contributed by atoms with Crippen LogP contribution in [-0.4, -0.2) is 29.2 Å². The molecule has 1 aromatic heterocycles. The first-order valence-electron chi connectivity index (χ1n) is 6.16. The lowest BCUT2D eigenvalue weighted by Crippen LogP contribution is -2.33. The van der Waals surface area contributed by atoms with Gasteiger partial charge < -0.3 is 9.32 Å². The molecule has 0 saturated heterocycles. The van der Waals surface area contributed by atoms with Crippen LogP contribution in [0, 0.1) is 0 Å². The SMILES string of the molecule is CCCCN(CCBr)C(=O)c1ccoc1CC. The Morgan fingerprint density at radius 2 is 2.18 bits per heavy atom. The Kier molecular flexibility index (Phi) is 6.34. The Hall–Kier alpha value is -0.770. The number of furan rings is 1. The Morgan fingerprint density at radius 3 is 2.76 bits per heavy atom. The molecule has 96 valence electrons. The molecule has 0 spiro atoms. The van der Waals surface area contributed by atoms with E-state index in [9.17, 15) is 4.79 Å². The molecule has 1 aromatic rings. The average molecular weight is 302 g/mol. The number of carbonyl (C=O) groups is 1. The van der Waals surface area contributed by atoms with Crippen LogP contribution in [0.3, 0.4) is 0 Å². The maximum atomic E-state index is 12.3. The monoisotopic (exact) mass is 301 g/mol. The molecular weight excluding hydrogens is 282 g/mol. The predicted molar refractivity (Wildman–Crippen MR) is 72.7 cm³/mol. The van der Waals surface area contributed by atoms with E-state index < -0.39 is 0 Å². The van der Waals surface area contributed by atoms with Gasteiger partial charge in [-0.15, -0.1) is 0 Å². The first-order chi connectivity index (χ1) is 8.24. The summed E-state index contributed by atoms with van der Waals surface area (Å²) in [6, 6.07) is 1.77. The van der Waals surface area contributed by atoms with Crippen LogP contribution in [0.1, 0.15) is 42.8 Å². The van der Waals surface area contributed by atoms with Crippen LogP contribution in [0.15, 0.2) is 16.7 Å². The first kappa shape index (κ1) is 14.3. The molecule has 0 bridgehead atoms. The number of hydrogen-bond donors (Lipinski definition) is 0. The third-order valence-corrected chi connectivity index (χ3v) is 3.07. The quantitative estimate of drug-likeness (QED) is 0.723. The van der Waals surface area contributed by atoms with E-state index in [1.54, 1.807) is 12.3 Å². The lowest BCUT2D eigenvalue weighted by molar-refractivity contribution is 0.0762. The third kappa shape index (κ3) is 3.87. The fourth-order valence-corrected chi connectivity index (χ4v) is 2.17. The predicted octanol–water partition coefficient (Wildman–Crippen LogP) is 3.48. The maximum absolute atomic E-state index is 12.3. The molecular formula is C13H20BrNO2. The Labute approximate surface area is 111 Å². The second-order valence-electron chi connectivity index (χ2n) is 3.95. The van der Waals surface area contributed by atoms with Crippen LogP contribution in [0.2, 0.25) is 0 Å². The van der Waals surface area contributed by atoms with Crippen molar-refractivity contribution in [2.75, 3.05) is 18.4 Å². The number of carbonyl (C=O) groups excluding carboxylic acids is 1. The molecule has 0 N–H and O–H groups in total. The second kappa shape index (κ2) is 7.54. The fraction of sp³-hybridized carbons (Fsp3) is 0.615. The van der Waals surface area contributed by atoms with Crippen molar-refractivity contribution in [3.8, 4) is 0 Å². The van der Waals surface area contributed by atoms with E-state index >= 15 is 0 Å². The van der Waals surface area contributed by atoms with Crippen molar-refractivity contribution in [1.29, 1.82) is 0 Å². The molecule has 0 radical (unpaired) electrons. The summed E-state index contributed by atoms with van der Waals surface area (Å²) in [5, 5.41) is 0.807. The van der Waals surface area contributed by atoms with Gasteiger partial charge in [0.2, 0.25) is 0 Å². The lowest BCUT2D eigenvalue weighted by atomic mass is 10.2. The van der Waals surface area contributed by atoms with Crippen LogP contribution in [0.4, 0.5) is 0 Å². The van der Waals surface area contributed by atoms with E-state index in [0.717, 1.165) is 43.4 Å². The molecule has 0 unspecified atom stereocenters. The van der Waals surface area contributed by atoms with Gasteiger partial charge in [0, 0.05) is 24.8 Å². The highest BCUT2D eigenvalue weighted by Gasteiger charge is 2.19. The minimum atomic E-state index is 0.0866. The molecule has 0 atom stereocenters. The van der Waals surface area contributed by atoms with E-state index in [-0.39, 0.29) is 5.91 Å². The van der Waals surface area contributed by atoms with Gasteiger partial charge in [-0.3, -0.25) is 4.79 Å². The Balaban J connectivity index is 2.76. The smallest absolute Gasteiger partial charge is 0.257 e. The van der Waals surface area contributed by atoms with Crippen LogP contribution in [-0.2, 0) is 6.42 Å². The highest BCUT2D eigenvalue weighted by molar-refractivity contribution is 9.09. The van der Waals surface area contributed by atoms with Crippen LogP contribution >= 0.6 is 15.9 Å². The average Bonchev–Trinajstić information content (AvgIpc) is 2.81. The largest absolute Gasteiger partial charge is 0.469 e. The summed E-state index contributed by atoms with van der Waals surface area (Å²) in [7, 11) is 0. The summed E-state index contributed by atoms with van der Waals surface area (Å²) in [6.07, 6.45) is 4.48. The lowest BCUT2D eigenvalue weighted by Gasteiger charge is -2.21.